The molecule has 2 N–H and O–H groups in total. The van der Waals surface area contributed by atoms with Gasteiger partial charge >= 0.3 is 0 Å². The Morgan fingerprint density at radius 1 is 1.64 bits per heavy atom. The van der Waals surface area contributed by atoms with Crippen molar-refractivity contribution in [2.75, 3.05) is 20.1 Å². The van der Waals surface area contributed by atoms with Crippen LogP contribution < -0.4 is 5.73 Å². The van der Waals surface area contributed by atoms with Crippen LogP contribution in [0.25, 0.3) is 0 Å². The second kappa shape index (κ2) is 6.38. The summed E-state index contributed by atoms with van der Waals surface area (Å²) in [6, 6.07) is 0.281. The maximum atomic E-state index is 5.64. The van der Waals surface area contributed by atoms with Gasteiger partial charge in [0.15, 0.2) is 0 Å². The third-order valence-corrected chi connectivity index (χ3v) is 1.55. The summed E-state index contributed by atoms with van der Waals surface area (Å²) in [7, 11) is 2.10. The molecule has 2 nitrogen and oxygen atoms in total. The van der Waals surface area contributed by atoms with Gasteiger partial charge in [-0.3, -0.25) is 0 Å². The third kappa shape index (κ3) is 7.56. The minimum Gasteiger partial charge on any atom is -0.327 e. The van der Waals surface area contributed by atoms with E-state index in [1.165, 1.54) is 6.42 Å². The second-order valence-electron chi connectivity index (χ2n) is 3.17. The lowest BCUT2D eigenvalue weighted by atomic mass is 10.2. The zero-order valence-electron chi connectivity index (χ0n) is 7.71. The van der Waals surface area contributed by atoms with E-state index in [1.807, 2.05) is 13.0 Å². The fraction of sp³-hybridized carbons (Fsp3) is 0.778. The van der Waals surface area contributed by atoms with E-state index in [2.05, 4.69) is 18.5 Å². The molecule has 0 amide bonds. The van der Waals surface area contributed by atoms with Crippen LogP contribution in [0, 0.1) is 0 Å². The van der Waals surface area contributed by atoms with E-state index in [0.717, 1.165) is 19.5 Å². The molecule has 0 bridgehead atoms. The summed E-state index contributed by atoms with van der Waals surface area (Å²) in [6.45, 7) is 7.81. The van der Waals surface area contributed by atoms with E-state index in [9.17, 15) is 0 Å². The number of nitrogens with two attached hydrogens (primary N) is 1. The minimum atomic E-state index is 0.281. The molecular weight excluding hydrogens is 136 g/mol. The van der Waals surface area contributed by atoms with Gasteiger partial charge < -0.3 is 10.6 Å². The lowest BCUT2D eigenvalue weighted by Crippen LogP contribution is -2.33. The van der Waals surface area contributed by atoms with Gasteiger partial charge in [0.1, 0.15) is 0 Å². The predicted octanol–water partition coefficient (Wildman–Crippen LogP) is 1.23. The smallest absolute Gasteiger partial charge is 0.0139 e. The first-order chi connectivity index (χ1) is 5.16. The van der Waals surface area contributed by atoms with E-state index < -0.39 is 0 Å². The largest absolute Gasteiger partial charge is 0.327 e. The molecule has 0 saturated carbocycles. The highest BCUT2D eigenvalue weighted by molar-refractivity contribution is 4.67. The van der Waals surface area contributed by atoms with Crippen LogP contribution in [0.1, 0.15) is 19.8 Å². The van der Waals surface area contributed by atoms with Crippen LogP contribution in [-0.4, -0.2) is 31.1 Å². The molecule has 0 aromatic carbocycles. The molecule has 11 heavy (non-hydrogen) atoms. The Morgan fingerprint density at radius 3 is 2.73 bits per heavy atom. The van der Waals surface area contributed by atoms with Gasteiger partial charge in [-0.2, -0.15) is 0 Å². The molecule has 0 saturated heterocycles. The van der Waals surface area contributed by atoms with Gasteiger partial charge in [-0.05, 0) is 33.4 Å². The predicted molar refractivity (Wildman–Crippen MR) is 50.6 cm³/mol. The van der Waals surface area contributed by atoms with Gasteiger partial charge in [0.05, 0.1) is 0 Å². The highest BCUT2D eigenvalue weighted by Gasteiger charge is 1.99. The van der Waals surface area contributed by atoms with Crippen molar-refractivity contribution in [1.29, 1.82) is 0 Å². The molecule has 0 aromatic heterocycles. The van der Waals surface area contributed by atoms with E-state index >= 15 is 0 Å². The lowest BCUT2D eigenvalue weighted by Gasteiger charge is -2.17. The summed E-state index contributed by atoms with van der Waals surface area (Å²) in [5, 5.41) is 0. The molecule has 0 spiro atoms. The Labute approximate surface area is 70.1 Å². The number of unbranched alkanes of at least 4 members (excludes halogenated alkanes) is 1. The molecule has 0 aromatic rings. The van der Waals surface area contributed by atoms with Crippen molar-refractivity contribution in [3.8, 4) is 0 Å². The fourth-order valence-corrected chi connectivity index (χ4v) is 1.09. The van der Waals surface area contributed by atoms with Crippen LogP contribution in [0.3, 0.4) is 0 Å². The van der Waals surface area contributed by atoms with Gasteiger partial charge in [0.25, 0.3) is 0 Å². The Hall–Kier alpha value is -0.340. The van der Waals surface area contributed by atoms with Crippen molar-refractivity contribution in [2.45, 2.75) is 25.8 Å². The molecule has 0 heterocycles. The van der Waals surface area contributed by atoms with Gasteiger partial charge in [0, 0.05) is 12.6 Å². The molecule has 1 atom stereocenters. The van der Waals surface area contributed by atoms with Crippen LogP contribution in [0.15, 0.2) is 12.7 Å². The maximum absolute atomic E-state index is 5.64. The third-order valence-electron chi connectivity index (χ3n) is 1.55. The summed E-state index contributed by atoms with van der Waals surface area (Å²) in [5.74, 6) is 0. The standard InChI is InChI=1S/C9H20N2/c1-4-5-6-7-11(3)8-9(2)10/h4,9H,1,5-8,10H2,2-3H3/t9-/m1/s1. The molecule has 0 aliphatic heterocycles. The van der Waals surface area contributed by atoms with Gasteiger partial charge in [-0.25, -0.2) is 0 Å². The van der Waals surface area contributed by atoms with Gasteiger partial charge in [-0.1, -0.05) is 6.08 Å². The van der Waals surface area contributed by atoms with Crippen molar-refractivity contribution in [3.63, 3.8) is 0 Å². The van der Waals surface area contributed by atoms with E-state index in [1.54, 1.807) is 0 Å². The zero-order valence-corrected chi connectivity index (χ0v) is 7.71. The first-order valence-electron chi connectivity index (χ1n) is 4.22. The first-order valence-corrected chi connectivity index (χ1v) is 4.22. The number of allylic oxidation sites excluding steroid dienone is 1. The SMILES string of the molecule is C=CCCCN(C)C[C@@H](C)N. The Kier molecular flexibility index (Phi) is 6.18. The second-order valence-corrected chi connectivity index (χ2v) is 3.17. The van der Waals surface area contributed by atoms with Crippen LogP contribution in [-0.2, 0) is 0 Å². The number of hydrogen-bond acceptors (Lipinski definition) is 2. The molecule has 0 fully saturated rings. The Morgan fingerprint density at radius 2 is 2.27 bits per heavy atom. The molecule has 0 unspecified atom stereocenters. The van der Waals surface area contributed by atoms with Crippen molar-refractivity contribution in [3.05, 3.63) is 12.7 Å². The van der Waals surface area contributed by atoms with Gasteiger partial charge in [-0.15, -0.1) is 6.58 Å². The number of likely N-dealkylation sites (N-methyl/N-ethyl adjacent to an activating group) is 1. The molecular formula is C9H20N2. The molecule has 0 radical (unpaired) electrons. The topological polar surface area (TPSA) is 29.3 Å². The summed E-state index contributed by atoms with van der Waals surface area (Å²) in [4.78, 5) is 2.26. The van der Waals surface area contributed by atoms with E-state index in [0.29, 0.717) is 0 Å². The number of rotatable bonds is 6. The molecule has 2 heteroatoms. The Balaban J connectivity index is 3.21. The number of nitrogens with zero attached hydrogens (tertiary/aromatic N) is 1. The van der Waals surface area contributed by atoms with Crippen LogP contribution in [0.2, 0.25) is 0 Å². The molecule has 0 aliphatic rings. The van der Waals surface area contributed by atoms with Crippen LogP contribution in [0.5, 0.6) is 0 Å². The quantitative estimate of drug-likeness (QED) is 0.463. The lowest BCUT2D eigenvalue weighted by molar-refractivity contribution is 0.314. The molecule has 0 aliphatic carbocycles. The van der Waals surface area contributed by atoms with Crippen molar-refractivity contribution in [2.24, 2.45) is 5.73 Å². The Bertz CT molecular complexity index is 99.7. The zero-order chi connectivity index (χ0) is 8.69. The fourth-order valence-electron chi connectivity index (χ4n) is 1.09. The van der Waals surface area contributed by atoms with Crippen LogP contribution >= 0.6 is 0 Å². The highest BCUT2D eigenvalue weighted by Crippen LogP contribution is 1.93. The van der Waals surface area contributed by atoms with E-state index in [4.69, 9.17) is 5.73 Å². The molecule has 66 valence electrons. The summed E-state index contributed by atoms with van der Waals surface area (Å²) in [6.07, 6.45) is 4.25. The van der Waals surface area contributed by atoms with E-state index in [-0.39, 0.29) is 6.04 Å². The maximum Gasteiger partial charge on any atom is 0.0139 e. The summed E-state index contributed by atoms with van der Waals surface area (Å²) in [5.41, 5.74) is 5.64. The average molecular weight is 156 g/mol. The monoisotopic (exact) mass is 156 g/mol. The average Bonchev–Trinajstić information content (AvgIpc) is 1.86. The van der Waals surface area contributed by atoms with Gasteiger partial charge in [0.2, 0.25) is 0 Å². The van der Waals surface area contributed by atoms with Crippen molar-refractivity contribution in [1.82, 2.24) is 4.90 Å². The highest BCUT2D eigenvalue weighted by atomic mass is 15.1. The summed E-state index contributed by atoms with van der Waals surface area (Å²) < 4.78 is 0. The van der Waals surface area contributed by atoms with Crippen LogP contribution in [0.4, 0.5) is 0 Å². The normalized spacial score (nSPS) is 13.5. The first kappa shape index (κ1) is 10.7. The molecule has 0 rings (SSSR count). The van der Waals surface area contributed by atoms with Crippen molar-refractivity contribution >= 4 is 0 Å². The van der Waals surface area contributed by atoms with Crippen molar-refractivity contribution < 1.29 is 0 Å². The summed E-state index contributed by atoms with van der Waals surface area (Å²) >= 11 is 0. The minimum absolute atomic E-state index is 0.281. The number of hydrogen-bond donors (Lipinski definition) is 1.